The molecule has 0 spiro atoms. The average molecular weight is 319 g/mol. The SMILES string of the molecule is CNCCCNC(=O)C(C)(C)Cc1cccc(Cl)c1.Cl. The Hall–Kier alpha value is -0.770. The highest BCUT2D eigenvalue weighted by Gasteiger charge is 2.27. The highest BCUT2D eigenvalue weighted by atomic mass is 35.5. The lowest BCUT2D eigenvalue weighted by atomic mass is 9.85. The highest BCUT2D eigenvalue weighted by molar-refractivity contribution is 6.30. The van der Waals surface area contributed by atoms with Crippen LogP contribution in [0.4, 0.5) is 0 Å². The number of carbonyl (C=O) groups excluding carboxylic acids is 1. The topological polar surface area (TPSA) is 41.1 Å². The van der Waals surface area contributed by atoms with Crippen LogP contribution in [0.2, 0.25) is 5.02 Å². The molecule has 3 nitrogen and oxygen atoms in total. The number of benzene rings is 1. The van der Waals surface area contributed by atoms with E-state index in [2.05, 4.69) is 10.6 Å². The summed E-state index contributed by atoms with van der Waals surface area (Å²) in [4.78, 5) is 12.2. The smallest absolute Gasteiger partial charge is 0.225 e. The molecule has 0 aliphatic carbocycles. The van der Waals surface area contributed by atoms with Gasteiger partial charge in [-0.05, 0) is 44.1 Å². The number of carbonyl (C=O) groups is 1. The molecule has 0 atom stereocenters. The van der Waals surface area contributed by atoms with Gasteiger partial charge in [0.1, 0.15) is 0 Å². The van der Waals surface area contributed by atoms with Gasteiger partial charge in [0.05, 0.1) is 0 Å². The van der Waals surface area contributed by atoms with Crippen molar-refractivity contribution in [2.75, 3.05) is 20.1 Å². The van der Waals surface area contributed by atoms with Crippen molar-refractivity contribution in [1.82, 2.24) is 10.6 Å². The first-order valence-electron chi connectivity index (χ1n) is 6.63. The van der Waals surface area contributed by atoms with E-state index in [0.717, 1.165) is 18.5 Å². The van der Waals surface area contributed by atoms with Crippen LogP contribution in [0.5, 0.6) is 0 Å². The molecule has 0 aliphatic rings. The molecule has 20 heavy (non-hydrogen) atoms. The van der Waals surface area contributed by atoms with Gasteiger partial charge >= 0.3 is 0 Å². The fourth-order valence-electron chi connectivity index (χ4n) is 1.94. The molecule has 0 heterocycles. The van der Waals surface area contributed by atoms with Gasteiger partial charge in [-0.2, -0.15) is 0 Å². The van der Waals surface area contributed by atoms with Gasteiger partial charge in [-0.15, -0.1) is 12.4 Å². The lowest BCUT2D eigenvalue weighted by molar-refractivity contribution is -0.129. The van der Waals surface area contributed by atoms with Crippen molar-refractivity contribution in [2.24, 2.45) is 5.41 Å². The van der Waals surface area contributed by atoms with E-state index in [-0.39, 0.29) is 18.3 Å². The van der Waals surface area contributed by atoms with E-state index in [0.29, 0.717) is 18.0 Å². The molecule has 0 bridgehead atoms. The second-order valence-corrected chi connectivity index (χ2v) is 5.84. The van der Waals surface area contributed by atoms with E-state index in [4.69, 9.17) is 11.6 Å². The highest BCUT2D eigenvalue weighted by Crippen LogP contribution is 2.23. The lowest BCUT2D eigenvalue weighted by Gasteiger charge is -2.23. The molecule has 0 fully saturated rings. The lowest BCUT2D eigenvalue weighted by Crippen LogP contribution is -2.39. The number of halogens is 2. The Morgan fingerprint density at radius 2 is 2.00 bits per heavy atom. The maximum absolute atomic E-state index is 12.2. The molecular weight excluding hydrogens is 295 g/mol. The summed E-state index contributed by atoms with van der Waals surface area (Å²) in [7, 11) is 1.91. The predicted molar refractivity (Wildman–Crippen MR) is 87.7 cm³/mol. The minimum absolute atomic E-state index is 0. The van der Waals surface area contributed by atoms with Crippen LogP contribution in [-0.2, 0) is 11.2 Å². The monoisotopic (exact) mass is 318 g/mol. The van der Waals surface area contributed by atoms with E-state index in [1.807, 2.05) is 45.2 Å². The third-order valence-corrected chi connectivity index (χ3v) is 3.27. The summed E-state index contributed by atoms with van der Waals surface area (Å²) in [6.07, 6.45) is 1.63. The molecule has 0 aliphatic heterocycles. The minimum atomic E-state index is -0.426. The summed E-state index contributed by atoms with van der Waals surface area (Å²) in [5.74, 6) is 0.0866. The van der Waals surface area contributed by atoms with E-state index < -0.39 is 5.41 Å². The molecule has 1 aromatic rings. The van der Waals surface area contributed by atoms with Gasteiger partial charge in [0.2, 0.25) is 5.91 Å². The van der Waals surface area contributed by atoms with Crippen molar-refractivity contribution >= 4 is 29.9 Å². The molecule has 0 saturated carbocycles. The molecular formula is C15H24Cl2N2O. The summed E-state index contributed by atoms with van der Waals surface area (Å²) in [6.45, 7) is 5.54. The Bertz CT molecular complexity index is 422. The fourth-order valence-corrected chi connectivity index (χ4v) is 2.16. The van der Waals surface area contributed by atoms with E-state index >= 15 is 0 Å². The zero-order chi connectivity index (χ0) is 14.3. The second kappa shape index (κ2) is 9.22. The Morgan fingerprint density at radius 3 is 2.60 bits per heavy atom. The molecule has 114 valence electrons. The summed E-state index contributed by atoms with van der Waals surface area (Å²) in [6, 6.07) is 7.67. The first-order chi connectivity index (χ1) is 8.95. The van der Waals surface area contributed by atoms with Crippen LogP contribution in [0.1, 0.15) is 25.8 Å². The van der Waals surface area contributed by atoms with Crippen molar-refractivity contribution in [2.45, 2.75) is 26.7 Å². The van der Waals surface area contributed by atoms with Gasteiger partial charge in [-0.1, -0.05) is 37.6 Å². The Kier molecular flexibility index (Phi) is 8.86. The largest absolute Gasteiger partial charge is 0.356 e. The van der Waals surface area contributed by atoms with Crippen LogP contribution in [0.3, 0.4) is 0 Å². The minimum Gasteiger partial charge on any atom is -0.356 e. The van der Waals surface area contributed by atoms with Crippen molar-refractivity contribution in [3.8, 4) is 0 Å². The quantitative estimate of drug-likeness (QED) is 0.759. The molecule has 0 unspecified atom stereocenters. The van der Waals surface area contributed by atoms with E-state index in [1.54, 1.807) is 0 Å². The summed E-state index contributed by atoms with van der Waals surface area (Å²) < 4.78 is 0. The van der Waals surface area contributed by atoms with Gasteiger partial charge in [-0.25, -0.2) is 0 Å². The maximum atomic E-state index is 12.2. The van der Waals surface area contributed by atoms with E-state index in [9.17, 15) is 4.79 Å². The van der Waals surface area contributed by atoms with Gasteiger partial charge in [-0.3, -0.25) is 4.79 Å². The Labute approximate surface area is 132 Å². The molecule has 5 heteroatoms. The van der Waals surface area contributed by atoms with Gasteiger partial charge < -0.3 is 10.6 Å². The average Bonchev–Trinajstić information content (AvgIpc) is 2.33. The number of hydrogen-bond donors (Lipinski definition) is 2. The zero-order valence-electron chi connectivity index (χ0n) is 12.3. The first-order valence-corrected chi connectivity index (χ1v) is 7.01. The number of hydrogen-bond acceptors (Lipinski definition) is 2. The molecule has 1 rings (SSSR count). The maximum Gasteiger partial charge on any atom is 0.225 e. The van der Waals surface area contributed by atoms with Crippen LogP contribution >= 0.6 is 24.0 Å². The standard InChI is InChI=1S/C15H23ClN2O.ClH/c1-15(2,14(19)18-9-5-8-17-3)11-12-6-4-7-13(16)10-12;/h4,6-7,10,17H,5,8-9,11H2,1-3H3,(H,18,19);1H. The summed E-state index contributed by atoms with van der Waals surface area (Å²) in [5.41, 5.74) is 0.660. The number of nitrogens with one attached hydrogen (secondary N) is 2. The van der Waals surface area contributed by atoms with Crippen molar-refractivity contribution in [1.29, 1.82) is 0 Å². The van der Waals surface area contributed by atoms with Gasteiger partial charge in [0.25, 0.3) is 0 Å². The van der Waals surface area contributed by atoms with E-state index in [1.165, 1.54) is 0 Å². The third-order valence-electron chi connectivity index (χ3n) is 3.04. The number of rotatable bonds is 7. The molecule has 1 aromatic carbocycles. The number of amides is 1. The molecule has 1 amide bonds. The predicted octanol–water partition coefficient (Wildman–Crippen LogP) is 3.06. The molecule has 2 N–H and O–H groups in total. The van der Waals surface area contributed by atoms with Gasteiger partial charge in [0.15, 0.2) is 0 Å². The molecule has 0 saturated heterocycles. The summed E-state index contributed by atoms with van der Waals surface area (Å²) in [5, 5.41) is 6.75. The normalized spacial score (nSPS) is 10.8. The second-order valence-electron chi connectivity index (χ2n) is 5.40. The Morgan fingerprint density at radius 1 is 1.30 bits per heavy atom. The van der Waals surface area contributed by atoms with Crippen molar-refractivity contribution in [3.05, 3.63) is 34.9 Å². The van der Waals surface area contributed by atoms with Crippen LogP contribution in [0, 0.1) is 5.41 Å². The van der Waals surface area contributed by atoms with Crippen molar-refractivity contribution in [3.63, 3.8) is 0 Å². The molecule has 0 radical (unpaired) electrons. The zero-order valence-corrected chi connectivity index (χ0v) is 13.9. The van der Waals surface area contributed by atoms with Crippen LogP contribution in [0.15, 0.2) is 24.3 Å². The first kappa shape index (κ1) is 19.2. The van der Waals surface area contributed by atoms with Crippen molar-refractivity contribution < 1.29 is 4.79 Å². The molecule has 0 aromatic heterocycles. The fraction of sp³-hybridized carbons (Fsp3) is 0.533. The van der Waals surface area contributed by atoms with Crippen LogP contribution in [0.25, 0.3) is 0 Å². The Balaban J connectivity index is 0.00000361. The van der Waals surface area contributed by atoms with Crippen LogP contribution in [-0.4, -0.2) is 26.0 Å². The van der Waals surface area contributed by atoms with Gasteiger partial charge in [0, 0.05) is 17.0 Å². The summed E-state index contributed by atoms with van der Waals surface area (Å²) >= 11 is 5.96. The third kappa shape index (κ3) is 6.60. The van der Waals surface area contributed by atoms with Crippen LogP contribution < -0.4 is 10.6 Å².